The molecule has 98 valence electrons. The summed E-state index contributed by atoms with van der Waals surface area (Å²) in [7, 11) is 0. The van der Waals surface area contributed by atoms with E-state index < -0.39 is 0 Å². The highest BCUT2D eigenvalue weighted by molar-refractivity contribution is 5.85. The molecule has 0 N–H and O–H groups in total. The Morgan fingerprint density at radius 2 is 2.06 bits per heavy atom. The summed E-state index contributed by atoms with van der Waals surface area (Å²) in [5.74, 6) is 0.633. The summed E-state index contributed by atoms with van der Waals surface area (Å²) in [5.41, 5.74) is 3.97. The van der Waals surface area contributed by atoms with Gasteiger partial charge in [-0.1, -0.05) is 31.5 Å². The van der Waals surface area contributed by atoms with Gasteiger partial charge in [-0.15, -0.1) is 0 Å². The second-order valence-corrected chi connectivity index (χ2v) is 5.73. The molecule has 1 atom stereocenters. The SMILES string of the molecule is CC(=O)C(C(C)C)N1CCCc2cc(C)ccc21. The van der Waals surface area contributed by atoms with E-state index in [0.717, 1.165) is 19.4 Å². The lowest BCUT2D eigenvalue weighted by Crippen LogP contribution is -2.46. The molecular formula is C16H23NO. The Morgan fingerprint density at radius 1 is 1.33 bits per heavy atom. The Hall–Kier alpha value is -1.31. The predicted molar refractivity (Wildman–Crippen MR) is 76.2 cm³/mol. The van der Waals surface area contributed by atoms with Crippen molar-refractivity contribution in [3.05, 3.63) is 29.3 Å². The maximum absolute atomic E-state index is 11.9. The molecule has 1 aliphatic rings. The molecule has 0 bridgehead atoms. The van der Waals surface area contributed by atoms with Gasteiger partial charge in [0, 0.05) is 12.2 Å². The van der Waals surface area contributed by atoms with E-state index >= 15 is 0 Å². The number of Topliss-reactive ketones (excluding diaryl/α,β-unsaturated/α-hetero) is 1. The molecular weight excluding hydrogens is 222 g/mol. The number of hydrogen-bond donors (Lipinski definition) is 0. The molecule has 2 rings (SSSR count). The van der Waals surface area contributed by atoms with Crippen molar-refractivity contribution < 1.29 is 4.79 Å². The molecule has 0 saturated heterocycles. The van der Waals surface area contributed by atoms with E-state index in [9.17, 15) is 4.79 Å². The van der Waals surface area contributed by atoms with E-state index in [1.807, 2.05) is 0 Å². The molecule has 1 aromatic carbocycles. The Balaban J connectivity index is 2.40. The fourth-order valence-corrected chi connectivity index (χ4v) is 3.09. The molecule has 2 nitrogen and oxygen atoms in total. The summed E-state index contributed by atoms with van der Waals surface area (Å²) in [6.07, 6.45) is 2.28. The van der Waals surface area contributed by atoms with Gasteiger partial charge in [-0.25, -0.2) is 0 Å². The van der Waals surface area contributed by atoms with Crippen LogP contribution < -0.4 is 4.90 Å². The van der Waals surface area contributed by atoms with Crippen LogP contribution in [-0.2, 0) is 11.2 Å². The first-order valence-corrected chi connectivity index (χ1v) is 6.87. The van der Waals surface area contributed by atoms with Crippen LogP contribution in [0.2, 0.25) is 0 Å². The van der Waals surface area contributed by atoms with Gasteiger partial charge in [0.25, 0.3) is 0 Å². The van der Waals surface area contributed by atoms with Crippen LogP contribution in [0.4, 0.5) is 5.69 Å². The average Bonchev–Trinajstić information content (AvgIpc) is 2.27. The third-order valence-electron chi connectivity index (χ3n) is 3.77. The van der Waals surface area contributed by atoms with Crippen LogP contribution in [0.3, 0.4) is 0 Å². The molecule has 0 aromatic heterocycles. The highest BCUT2D eigenvalue weighted by atomic mass is 16.1. The number of carbonyl (C=O) groups is 1. The van der Waals surface area contributed by atoms with E-state index in [1.165, 1.54) is 16.8 Å². The molecule has 2 heteroatoms. The molecule has 1 aliphatic heterocycles. The lowest BCUT2D eigenvalue weighted by Gasteiger charge is -2.38. The second kappa shape index (κ2) is 5.13. The zero-order valence-corrected chi connectivity index (χ0v) is 11.9. The molecule has 0 spiro atoms. The van der Waals surface area contributed by atoms with Crippen LogP contribution in [-0.4, -0.2) is 18.4 Å². The Morgan fingerprint density at radius 3 is 2.67 bits per heavy atom. The van der Waals surface area contributed by atoms with Gasteiger partial charge in [-0.05, 0) is 44.2 Å². The van der Waals surface area contributed by atoms with Crippen molar-refractivity contribution in [3.63, 3.8) is 0 Å². The van der Waals surface area contributed by atoms with Gasteiger partial charge >= 0.3 is 0 Å². The molecule has 1 aromatic rings. The smallest absolute Gasteiger partial charge is 0.152 e. The largest absolute Gasteiger partial charge is 0.361 e. The lowest BCUT2D eigenvalue weighted by molar-refractivity contribution is -0.119. The van der Waals surface area contributed by atoms with E-state index in [1.54, 1.807) is 6.92 Å². The normalized spacial score (nSPS) is 16.6. The number of rotatable bonds is 3. The first kappa shape index (κ1) is 13.1. The molecule has 0 amide bonds. The van der Waals surface area contributed by atoms with E-state index in [2.05, 4.69) is 43.9 Å². The van der Waals surface area contributed by atoms with E-state index in [4.69, 9.17) is 0 Å². The van der Waals surface area contributed by atoms with Gasteiger partial charge in [-0.2, -0.15) is 0 Å². The summed E-state index contributed by atoms with van der Waals surface area (Å²) in [4.78, 5) is 14.2. The van der Waals surface area contributed by atoms with Gasteiger partial charge in [0.1, 0.15) is 0 Å². The quantitative estimate of drug-likeness (QED) is 0.814. The first-order valence-electron chi connectivity index (χ1n) is 6.87. The Labute approximate surface area is 110 Å². The van der Waals surface area contributed by atoms with Crippen molar-refractivity contribution in [1.29, 1.82) is 0 Å². The van der Waals surface area contributed by atoms with Gasteiger partial charge in [0.05, 0.1) is 6.04 Å². The van der Waals surface area contributed by atoms with Crippen molar-refractivity contribution in [2.24, 2.45) is 5.92 Å². The number of nitrogens with zero attached hydrogens (tertiary/aromatic N) is 1. The first-order chi connectivity index (χ1) is 8.50. The van der Waals surface area contributed by atoms with Crippen molar-refractivity contribution in [2.45, 2.75) is 46.6 Å². The minimum atomic E-state index is 0.0201. The number of anilines is 1. The van der Waals surface area contributed by atoms with Crippen molar-refractivity contribution in [3.8, 4) is 0 Å². The molecule has 0 radical (unpaired) electrons. The summed E-state index contributed by atoms with van der Waals surface area (Å²) in [6.45, 7) is 9.11. The van der Waals surface area contributed by atoms with Crippen LogP contribution in [0.25, 0.3) is 0 Å². The Bertz CT molecular complexity index is 450. The van der Waals surface area contributed by atoms with Gasteiger partial charge in [-0.3, -0.25) is 4.79 Å². The summed E-state index contributed by atoms with van der Waals surface area (Å²) < 4.78 is 0. The van der Waals surface area contributed by atoms with E-state index in [-0.39, 0.29) is 11.8 Å². The fourth-order valence-electron chi connectivity index (χ4n) is 3.09. The van der Waals surface area contributed by atoms with Crippen LogP contribution in [0, 0.1) is 12.8 Å². The van der Waals surface area contributed by atoms with Crippen molar-refractivity contribution >= 4 is 11.5 Å². The molecule has 0 fully saturated rings. The maximum atomic E-state index is 11.9. The zero-order chi connectivity index (χ0) is 13.3. The van der Waals surface area contributed by atoms with Gasteiger partial charge in [0.15, 0.2) is 5.78 Å². The van der Waals surface area contributed by atoms with Crippen LogP contribution in [0.15, 0.2) is 18.2 Å². The summed E-state index contributed by atoms with van der Waals surface area (Å²) >= 11 is 0. The standard InChI is InChI=1S/C16H23NO/c1-11(2)16(13(4)18)17-9-5-6-14-10-12(3)7-8-15(14)17/h7-8,10-11,16H,5-6,9H2,1-4H3. The number of aryl methyl sites for hydroxylation is 2. The average molecular weight is 245 g/mol. The Kier molecular flexibility index (Phi) is 3.74. The molecule has 0 saturated carbocycles. The summed E-state index contributed by atoms with van der Waals surface area (Å²) in [5, 5.41) is 0. The van der Waals surface area contributed by atoms with Crippen LogP contribution >= 0.6 is 0 Å². The fraction of sp³-hybridized carbons (Fsp3) is 0.562. The minimum absolute atomic E-state index is 0.0201. The zero-order valence-electron chi connectivity index (χ0n) is 11.9. The van der Waals surface area contributed by atoms with Gasteiger partial charge < -0.3 is 4.90 Å². The van der Waals surface area contributed by atoms with E-state index in [0.29, 0.717) is 5.92 Å². The monoisotopic (exact) mass is 245 g/mol. The number of carbonyl (C=O) groups excluding carboxylic acids is 1. The molecule has 1 unspecified atom stereocenters. The molecule has 18 heavy (non-hydrogen) atoms. The highest BCUT2D eigenvalue weighted by Crippen LogP contribution is 2.31. The molecule has 1 heterocycles. The third kappa shape index (κ3) is 2.43. The van der Waals surface area contributed by atoms with Crippen LogP contribution in [0.5, 0.6) is 0 Å². The third-order valence-corrected chi connectivity index (χ3v) is 3.77. The minimum Gasteiger partial charge on any atom is -0.361 e. The number of ketones is 1. The lowest BCUT2D eigenvalue weighted by atomic mass is 9.93. The van der Waals surface area contributed by atoms with Crippen molar-refractivity contribution in [1.82, 2.24) is 0 Å². The second-order valence-electron chi connectivity index (χ2n) is 5.73. The number of fused-ring (bicyclic) bond motifs is 1. The topological polar surface area (TPSA) is 20.3 Å². The number of benzene rings is 1. The van der Waals surface area contributed by atoms with Gasteiger partial charge in [0.2, 0.25) is 0 Å². The highest BCUT2D eigenvalue weighted by Gasteiger charge is 2.29. The summed E-state index contributed by atoms with van der Waals surface area (Å²) in [6, 6.07) is 6.61. The molecule has 0 aliphatic carbocycles. The van der Waals surface area contributed by atoms with Crippen molar-refractivity contribution in [2.75, 3.05) is 11.4 Å². The maximum Gasteiger partial charge on any atom is 0.152 e. The predicted octanol–water partition coefficient (Wildman–Crippen LogP) is 3.36. The van der Waals surface area contributed by atoms with Crippen LogP contribution in [0.1, 0.15) is 38.3 Å². The number of hydrogen-bond acceptors (Lipinski definition) is 2.